The Bertz CT molecular complexity index is 652. The van der Waals surface area contributed by atoms with Crippen LogP contribution in [-0.2, 0) is 0 Å². The lowest BCUT2D eigenvalue weighted by Gasteiger charge is -2.06. The maximum absolute atomic E-state index is 4.61. The Morgan fingerprint density at radius 2 is 2.00 bits per heavy atom. The van der Waals surface area contributed by atoms with Crippen LogP contribution in [0.1, 0.15) is 11.3 Å². The standard InChI is InChI=1S/C12H11N3/c1-8-4-3-5-10-12(8)14-9(2)11-6-13-7-15(10)11/h3-7H,1-2H3. The molecule has 0 saturated heterocycles. The smallest absolute Gasteiger partial charge is 0.0998 e. The Balaban J connectivity index is 2.66. The summed E-state index contributed by atoms with van der Waals surface area (Å²) in [5.41, 5.74) is 5.47. The van der Waals surface area contributed by atoms with Crippen LogP contribution < -0.4 is 0 Å². The van der Waals surface area contributed by atoms with E-state index in [2.05, 4.69) is 33.4 Å². The van der Waals surface area contributed by atoms with Gasteiger partial charge in [0.25, 0.3) is 0 Å². The van der Waals surface area contributed by atoms with Crippen molar-refractivity contribution in [1.29, 1.82) is 0 Å². The van der Waals surface area contributed by atoms with Crippen LogP contribution in [0.2, 0.25) is 0 Å². The molecule has 1 aromatic carbocycles. The summed E-state index contributed by atoms with van der Waals surface area (Å²) < 4.78 is 2.09. The number of hydrogen-bond donors (Lipinski definition) is 0. The minimum atomic E-state index is 1.02. The molecule has 0 amide bonds. The molecule has 15 heavy (non-hydrogen) atoms. The molecule has 0 bridgehead atoms. The molecule has 3 nitrogen and oxygen atoms in total. The molecule has 0 spiro atoms. The van der Waals surface area contributed by atoms with Crippen LogP contribution in [0.25, 0.3) is 16.6 Å². The van der Waals surface area contributed by atoms with Gasteiger partial charge in [-0.2, -0.15) is 0 Å². The van der Waals surface area contributed by atoms with Crippen molar-refractivity contribution in [1.82, 2.24) is 14.4 Å². The number of para-hydroxylation sites is 1. The van der Waals surface area contributed by atoms with E-state index in [1.165, 1.54) is 5.56 Å². The number of aryl methyl sites for hydroxylation is 2. The first-order valence-electron chi connectivity index (χ1n) is 4.95. The van der Waals surface area contributed by atoms with Crippen molar-refractivity contribution in [3.8, 4) is 0 Å². The Kier molecular flexibility index (Phi) is 1.57. The molecule has 0 saturated carbocycles. The topological polar surface area (TPSA) is 30.2 Å². The summed E-state index contributed by atoms with van der Waals surface area (Å²) in [5.74, 6) is 0. The number of rotatable bonds is 0. The molecule has 0 aliphatic rings. The number of fused-ring (bicyclic) bond motifs is 3. The lowest BCUT2D eigenvalue weighted by atomic mass is 10.2. The Hall–Kier alpha value is -1.90. The quantitative estimate of drug-likeness (QED) is 0.554. The number of nitrogens with zero attached hydrogens (tertiary/aromatic N) is 3. The van der Waals surface area contributed by atoms with Crippen LogP contribution in [0, 0.1) is 13.8 Å². The van der Waals surface area contributed by atoms with Gasteiger partial charge >= 0.3 is 0 Å². The summed E-state index contributed by atoms with van der Waals surface area (Å²) in [6.07, 6.45) is 3.69. The summed E-state index contributed by atoms with van der Waals surface area (Å²) in [4.78, 5) is 8.78. The average Bonchev–Trinajstić information content (AvgIpc) is 2.69. The van der Waals surface area contributed by atoms with E-state index in [0.29, 0.717) is 0 Å². The lowest BCUT2D eigenvalue weighted by molar-refractivity contribution is 1.14. The molecule has 74 valence electrons. The van der Waals surface area contributed by atoms with E-state index in [4.69, 9.17) is 0 Å². The van der Waals surface area contributed by atoms with Gasteiger partial charge in [-0.1, -0.05) is 12.1 Å². The molecule has 3 heteroatoms. The second-order valence-electron chi connectivity index (χ2n) is 3.79. The average molecular weight is 197 g/mol. The number of benzene rings is 1. The summed E-state index contributed by atoms with van der Waals surface area (Å²) in [6.45, 7) is 4.10. The van der Waals surface area contributed by atoms with Gasteiger partial charge in [0, 0.05) is 0 Å². The minimum Gasteiger partial charge on any atom is -0.295 e. The molecule has 2 aromatic heterocycles. The second kappa shape index (κ2) is 2.79. The second-order valence-corrected chi connectivity index (χ2v) is 3.79. The van der Waals surface area contributed by atoms with Crippen LogP contribution >= 0.6 is 0 Å². The third-order valence-electron chi connectivity index (χ3n) is 2.76. The summed E-state index contributed by atoms with van der Waals surface area (Å²) in [7, 11) is 0. The largest absolute Gasteiger partial charge is 0.295 e. The lowest BCUT2D eigenvalue weighted by Crippen LogP contribution is -1.95. The first kappa shape index (κ1) is 8.41. The van der Waals surface area contributed by atoms with E-state index in [0.717, 1.165) is 22.2 Å². The maximum Gasteiger partial charge on any atom is 0.0998 e. The highest BCUT2D eigenvalue weighted by atomic mass is 15.0. The molecule has 0 radical (unpaired) electrons. The van der Waals surface area contributed by atoms with Crippen LogP contribution in [0.4, 0.5) is 0 Å². The zero-order chi connectivity index (χ0) is 10.4. The summed E-state index contributed by atoms with van der Waals surface area (Å²) in [5, 5.41) is 0. The number of hydrogen-bond acceptors (Lipinski definition) is 2. The third kappa shape index (κ3) is 1.06. The van der Waals surface area contributed by atoms with E-state index in [1.807, 2.05) is 25.5 Å². The SMILES string of the molecule is Cc1cccc2c1nc(C)c1cncn12. The van der Waals surface area contributed by atoms with Crippen molar-refractivity contribution in [3.63, 3.8) is 0 Å². The first-order valence-corrected chi connectivity index (χ1v) is 4.95. The van der Waals surface area contributed by atoms with Gasteiger partial charge in [-0.05, 0) is 25.5 Å². The molecular weight excluding hydrogens is 186 g/mol. The predicted molar refractivity (Wildman–Crippen MR) is 60.0 cm³/mol. The summed E-state index contributed by atoms with van der Waals surface area (Å²) in [6, 6.07) is 6.20. The highest BCUT2D eigenvalue weighted by molar-refractivity contribution is 5.81. The first-order chi connectivity index (χ1) is 7.27. The van der Waals surface area contributed by atoms with Crippen LogP contribution in [0.5, 0.6) is 0 Å². The van der Waals surface area contributed by atoms with Gasteiger partial charge in [0.15, 0.2) is 0 Å². The van der Waals surface area contributed by atoms with Crippen molar-refractivity contribution in [2.24, 2.45) is 0 Å². The van der Waals surface area contributed by atoms with Gasteiger partial charge in [0.2, 0.25) is 0 Å². The highest BCUT2D eigenvalue weighted by Gasteiger charge is 2.06. The van der Waals surface area contributed by atoms with Gasteiger partial charge in [0.1, 0.15) is 0 Å². The predicted octanol–water partition coefficient (Wildman–Crippen LogP) is 2.50. The van der Waals surface area contributed by atoms with Crippen LogP contribution in [0.15, 0.2) is 30.7 Å². The van der Waals surface area contributed by atoms with Crippen molar-refractivity contribution in [2.75, 3.05) is 0 Å². The van der Waals surface area contributed by atoms with E-state index in [1.54, 1.807) is 0 Å². The van der Waals surface area contributed by atoms with Crippen molar-refractivity contribution in [2.45, 2.75) is 13.8 Å². The fourth-order valence-corrected chi connectivity index (χ4v) is 1.96. The molecule has 3 rings (SSSR count). The molecule has 0 fully saturated rings. The Morgan fingerprint density at radius 1 is 1.13 bits per heavy atom. The Morgan fingerprint density at radius 3 is 2.87 bits per heavy atom. The molecule has 0 unspecified atom stereocenters. The van der Waals surface area contributed by atoms with Crippen molar-refractivity contribution in [3.05, 3.63) is 42.0 Å². The monoisotopic (exact) mass is 197 g/mol. The van der Waals surface area contributed by atoms with E-state index in [-0.39, 0.29) is 0 Å². The molecule has 0 aliphatic heterocycles. The molecule has 2 heterocycles. The minimum absolute atomic E-state index is 1.02. The van der Waals surface area contributed by atoms with Gasteiger partial charge < -0.3 is 0 Å². The van der Waals surface area contributed by atoms with E-state index < -0.39 is 0 Å². The molecular formula is C12H11N3. The normalized spacial score (nSPS) is 11.3. The summed E-state index contributed by atoms with van der Waals surface area (Å²) >= 11 is 0. The Labute approximate surface area is 87.4 Å². The van der Waals surface area contributed by atoms with Gasteiger partial charge in [0.05, 0.1) is 34.8 Å². The molecule has 3 aromatic rings. The van der Waals surface area contributed by atoms with Crippen LogP contribution in [0.3, 0.4) is 0 Å². The number of aromatic nitrogens is 3. The van der Waals surface area contributed by atoms with Crippen molar-refractivity contribution < 1.29 is 0 Å². The van der Waals surface area contributed by atoms with Gasteiger partial charge in [-0.15, -0.1) is 0 Å². The molecule has 0 N–H and O–H groups in total. The van der Waals surface area contributed by atoms with E-state index in [9.17, 15) is 0 Å². The van der Waals surface area contributed by atoms with E-state index >= 15 is 0 Å². The molecule has 0 aliphatic carbocycles. The van der Waals surface area contributed by atoms with Gasteiger partial charge in [-0.25, -0.2) is 9.97 Å². The zero-order valence-corrected chi connectivity index (χ0v) is 8.73. The number of imidazole rings is 1. The molecule has 0 atom stereocenters. The van der Waals surface area contributed by atoms with Crippen molar-refractivity contribution >= 4 is 16.6 Å². The maximum atomic E-state index is 4.61. The fraction of sp³-hybridized carbons (Fsp3) is 0.167. The highest BCUT2D eigenvalue weighted by Crippen LogP contribution is 2.19. The fourth-order valence-electron chi connectivity index (χ4n) is 1.96. The van der Waals surface area contributed by atoms with Crippen LogP contribution in [-0.4, -0.2) is 14.4 Å². The van der Waals surface area contributed by atoms with Gasteiger partial charge in [-0.3, -0.25) is 4.40 Å². The third-order valence-corrected chi connectivity index (χ3v) is 2.76. The zero-order valence-electron chi connectivity index (χ0n) is 8.73.